The first-order valence-corrected chi connectivity index (χ1v) is 8.37. The molecule has 1 spiro atoms. The van der Waals surface area contributed by atoms with Gasteiger partial charge >= 0.3 is 5.97 Å². The normalized spacial score (nSPS) is 22.6. The smallest absolute Gasteiger partial charge is 0.310 e. The van der Waals surface area contributed by atoms with Crippen LogP contribution in [0.25, 0.3) is 0 Å². The molecule has 3 rings (SSSR count). The first kappa shape index (κ1) is 17.0. The zero-order chi connectivity index (χ0) is 16.0. The second-order valence-electron chi connectivity index (χ2n) is 5.93. The molecule has 0 aromatic heterocycles. The Bertz CT molecular complexity index is 471. The van der Waals surface area contributed by atoms with Crippen molar-refractivity contribution in [3.05, 3.63) is 35.9 Å². The van der Waals surface area contributed by atoms with E-state index < -0.39 is 0 Å². The van der Waals surface area contributed by atoms with Crippen molar-refractivity contribution in [2.24, 2.45) is 11.3 Å². The maximum absolute atomic E-state index is 12.2. The van der Waals surface area contributed by atoms with Crippen LogP contribution in [0.2, 0.25) is 0 Å². The monoisotopic (exact) mass is 304 g/mol. The average molecular weight is 304 g/mol. The number of carbonyl (C=O) groups is 1. The summed E-state index contributed by atoms with van der Waals surface area (Å²) < 4.78 is 5.26. The van der Waals surface area contributed by atoms with E-state index in [1.165, 1.54) is 5.56 Å². The molecule has 1 N–H and O–H groups in total. The fraction of sp³-hybridized carbons (Fsp3) is 0.611. The highest BCUT2D eigenvalue weighted by molar-refractivity contribution is 5.74. The number of esters is 1. The molecule has 0 radical (unpaired) electrons. The van der Waals surface area contributed by atoms with Gasteiger partial charge in [-0.05, 0) is 12.5 Å². The predicted octanol–water partition coefficient (Wildman–Crippen LogP) is 2.30. The molecule has 2 saturated heterocycles. The van der Waals surface area contributed by atoms with E-state index >= 15 is 0 Å². The average Bonchev–Trinajstić information content (AvgIpc) is 2.90. The quantitative estimate of drug-likeness (QED) is 0.867. The van der Waals surface area contributed by atoms with Crippen molar-refractivity contribution in [2.75, 3.05) is 32.8 Å². The second-order valence-corrected chi connectivity index (χ2v) is 5.93. The van der Waals surface area contributed by atoms with Gasteiger partial charge in [0, 0.05) is 38.1 Å². The number of carbonyl (C=O) groups excluding carboxylic acids is 1. The Kier molecular flexibility index (Phi) is 5.98. The van der Waals surface area contributed by atoms with Crippen molar-refractivity contribution < 1.29 is 9.53 Å². The van der Waals surface area contributed by atoms with Crippen LogP contribution in [0.3, 0.4) is 0 Å². The first-order chi connectivity index (χ1) is 10.7. The third-order valence-corrected chi connectivity index (χ3v) is 4.49. The molecule has 2 aliphatic rings. The van der Waals surface area contributed by atoms with Crippen LogP contribution in [0.5, 0.6) is 0 Å². The lowest BCUT2D eigenvalue weighted by Gasteiger charge is -2.42. The third-order valence-electron chi connectivity index (χ3n) is 4.49. The van der Waals surface area contributed by atoms with Crippen molar-refractivity contribution in [3.8, 4) is 0 Å². The number of nitrogens with one attached hydrogen (secondary N) is 1. The number of likely N-dealkylation sites (tertiary alicyclic amines) is 1. The molecule has 2 aliphatic heterocycles. The van der Waals surface area contributed by atoms with Gasteiger partial charge in [0.2, 0.25) is 0 Å². The maximum Gasteiger partial charge on any atom is 0.310 e. The molecule has 0 amide bonds. The van der Waals surface area contributed by atoms with Crippen LogP contribution in [0.15, 0.2) is 30.3 Å². The van der Waals surface area contributed by atoms with Crippen LogP contribution in [-0.2, 0) is 16.1 Å². The standard InChI is InChI=1S/C16H22N2O2.C2H6/c1-2-20-15(19)14-9-18(12-16(14)10-17-11-16)8-13-6-4-3-5-7-13;1-2/h3-7,14,17H,2,8-12H2,1H3;1-2H3. The highest BCUT2D eigenvalue weighted by Crippen LogP contribution is 2.40. The minimum atomic E-state index is -0.0236. The topological polar surface area (TPSA) is 41.6 Å². The first-order valence-electron chi connectivity index (χ1n) is 8.37. The van der Waals surface area contributed by atoms with Crippen LogP contribution in [0.1, 0.15) is 26.3 Å². The summed E-state index contributed by atoms with van der Waals surface area (Å²) in [4.78, 5) is 14.6. The Morgan fingerprint density at radius 1 is 1.32 bits per heavy atom. The van der Waals surface area contributed by atoms with Gasteiger partial charge in [0.15, 0.2) is 0 Å². The number of hydrogen-bond acceptors (Lipinski definition) is 4. The van der Waals surface area contributed by atoms with Gasteiger partial charge in [0.1, 0.15) is 0 Å². The predicted molar refractivity (Wildman–Crippen MR) is 88.5 cm³/mol. The minimum absolute atomic E-state index is 0.0208. The van der Waals surface area contributed by atoms with Crippen molar-refractivity contribution in [1.82, 2.24) is 10.2 Å². The number of benzene rings is 1. The van der Waals surface area contributed by atoms with Gasteiger partial charge < -0.3 is 10.1 Å². The molecule has 1 unspecified atom stereocenters. The molecule has 0 saturated carbocycles. The van der Waals surface area contributed by atoms with Crippen molar-refractivity contribution in [3.63, 3.8) is 0 Å². The van der Waals surface area contributed by atoms with Crippen molar-refractivity contribution in [2.45, 2.75) is 27.3 Å². The van der Waals surface area contributed by atoms with Crippen LogP contribution >= 0.6 is 0 Å². The summed E-state index contributed by atoms with van der Waals surface area (Å²) in [5.74, 6) is -0.00280. The van der Waals surface area contributed by atoms with E-state index in [-0.39, 0.29) is 17.3 Å². The molecular weight excluding hydrogens is 276 g/mol. The van der Waals surface area contributed by atoms with E-state index in [1.54, 1.807) is 0 Å². The molecule has 1 atom stereocenters. The van der Waals surface area contributed by atoms with Crippen LogP contribution < -0.4 is 5.32 Å². The third kappa shape index (κ3) is 3.50. The number of ether oxygens (including phenoxy) is 1. The molecule has 0 aliphatic carbocycles. The van der Waals surface area contributed by atoms with Crippen molar-refractivity contribution in [1.29, 1.82) is 0 Å². The zero-order valence-electron chi connectivity index (χ0n) is 14.0. The van der Waals surface area contributed by atoms with Gasteiger partial charge in [0.05, 0.1) is 12.5 Å². The van der Waals surface area contributed by atoms with Crippen LogP contribution in [0, 0.1) is 11.3 Å². The Balaban J connectivity index is 0.000000847. The van der Waals surface area contributed by atoms with E-state index in [0.717, 1.165) is 32.7 Å². The SMILES string of the molecule is CC.CCOC(=O)C1CN(Cc2ccccc2)CC12CNC2. The summed E-state index contributed by atoms with van der Waals surface area (Å²) in [5.41, 5.74) is 1.40. The minimum Gasteiger partial charge on any atom is -0.466 e. The molecule has 22 heavy (non-hydrogen) atoms. The summed E-state index contributed by atoms with van der Waals surface area (Å²) in [6.07, 6.45) is 0. The van der Waals surface area contributed by atoms with Gasteiger partial charge in [-0.1, -0.05) is 44.2 Å². The van der Waals surface area contributed by atoms with Gasteiger partial charge in [0.25, 0.3) is 0 Å². The molecule has 2 fully saturated rings. The lowest BCUT2D eigenvalue weighted by atomic mass is 9.73. The summed E-state index contributed by atoms with van der Waals surface area (Å²) in [7, 11) is 0. The summed E-state index contributed by atoms with van der Waals surface area (Å²) in [6.45, 7) is 10.9. The van der Waals surface area contributed by atoms with E-state index in [1.807, 2.05) is 26.8 Å². The van der Waals surface area contributed by atoms with E-state index in [9.17, 15) is 4.79 Å². The Morgan fingerprint density at radius 2 is 2.00 bits per heavy atom. The van der Waals surface area contributed by atoms with Gasteiger partial charge in [-0.2, -0.15) is 0 Å². The molecule has 4 heteroatoms. The molecule has 122 valence electrons. The summed E-state index contributed by atoms with van der Waals surface area (Å²) >= 11 is 0. The Morgan fingerprint density at radius 3 is 2.55 bits per heavy atom. The highest BCUT2D eigenvalue weighted by atomic mass is 16.5. The number of hydrogen-bond donors (Lipinski definition) is 1. The van der Waals surface area contributed by atoms with E-state index in [4.69, 9.17) is 4.74 Å². The molecular formula is C18H28N2O2. The molecule has 1 aromatic carbocycles. The number of rotatable bonds is 4. The largest absolute Gasteiger partial charge is 0.466 e. The second kappa shape index (κ2) is 7.75. The fourth-order valence-corrected chi connectivity index (χ4v) is 3.41. The lowest BCUT2D eigenvalue weighted by molar-refractivity contribution is -0.152. The van der Waals surface area contributed by atoms with E-state index in [0.29, 0.717) is 6.61 Å². The zero-order valence-corrected chi connectivity index (χ0v) is 14.0. The van der Waals surface area contributed by atoms with Crippen LogP contribution in [-0.4, -0.2) is 43.7 Å². The van der Waals surface area contributed by atoms with E-state index in [2.05, 4.69) is 34.5 Å². The molecule has 2 heterocycles. The Hall–Kier alpha value is -1.39. The molecule has 0 bridgehead atoms. The fourth-order valence-electron chi connectivity index (χ4n) is 3.41. The summed E-state index contributed by atoms with van der Waals surface area (Å²) in [5, 5.41) is 3.32. The molecule has 4 nitrogen and oxygen atoms in total. The van der Waals surface area contributed by atoms with Crippen molar-refractivity contribution >= 4 is 5.97 Å². The van der Waals surface area contributed by atoms with Gasteiger partial charge in [-0.3, -0.25) is 9.69 Å². The lowest BCUT2D eigenvalue weighted by Crippen LogP contribution is -2.59. The maximum atomic E-state index is 12.2. The van der Waals surface area contributed by atoms with Gasteiger partial charge in [-0.25, -0.2) is 0 Å². The highest BCUT2D eigenvalue weighted by Gasteiger charge is 2.54. The number of nitrogens with zero attached hydrogens (tertiary/aromatic N) is 1. The Labute approximate surface area is 133 Å². The molecule has 1 aromatic rings. The summed E-state index contributed by atoms with van der Waals surface area (Å²) in [6, 6.07) is 10.4. The van der Waals surface area contributed by atoms with Gasteiger partial charge in [-0.15, -0.1) is 0 Å². The van der Waals surface area contributed by atoms with Crippen LogP contribution in [0.4, 0.5) is 0 Å².